The lowest BCUT2D eigenvalue weighted by Crippen LogP contribution is -2.70. The summed E-state index contributed by atoms with van der Waals surface area (Å²) in [6.07, 6.45) is 0.715. The number of methoxy groups -OCH3 is 1. The van der Waals surface area contributed by atoms with Crippen molar-refractivity contribution in [2.24, 2.45) is 0 Å². The Morgan fingerprint density at radius 1 is 1.07 bits per heavy atom. The molecule has 0 radical (unpaired) electrons. The van der Waals surface area contributed by atoms with Crippen LogP contribution in [0.2, 0.25) is 0 Å². The van der Waals surface area contributed by atoms with E-state index >= 15 is 0 Å². The van der Waals surface area contributed by atoms with Gasteiger partial charge in [-0.3, -0.25) is 19.9 Å². The lowest BCUT2D eigenvalue weighted by Gasteiger charge is -2.62. The minimum absolute atomic E-state index is 0.0438. The van der Waals surface area contributed by atoms with Gasteiger partial charge in [-0.25, -0.2) is 4.79 Å². The molecule has 11 rings (SSSR count). The van der Waals surface area contributed by atoms with Crippen LogP contribution < -0.4 is 19.5 Å². The fraction of sp³-hybridized carbons (Fsp3) is 0.452. The van der Waals surface area contributed by atoms with E-state index in [1.807, 2.05) is 46.0 Å². The number of aromatic nitrogens is 1. The van der Waals surface area contributed by atoms with E-state index in [-0.39, 0.29) is 37.4 Å². The van der Waals surface area contributed by atoms with Crippen LogP contribution in [0.25, 0.3) is 10.9 Å². The van der Waals surface area contributed by atoms with Gasteiger partial charge in [0.05, 0.1) is 31.0 Å². The van der Waals surface area contributed by atoms with E-state index in [1.54, 1.807) is 18.9 Å². The highest BCUT2D eigenvalue weighted by Crippen LogP contribution is 2.63. The molecule has 2 saturated heterocycles. The number of esters is 1. The van der Waals surface area contributed by atoms with Crippen molar-refractivity contribution in [3.63, 3.8) is 0 Å². The fourth-order valence-corrected chi connectivity index (χ4v) is 12.7. The number of fused-ring (bicyclic) bond motifs is 11. The van der Waals surface area contributed by atoms with Crippen LogP contribution >= 0.6 is 11.8 Å². The van der Waals surface area contributed by atoms with Gasteiger partial charge in [0.25, 0.3) is 0 Å². The molecule has 0 amide bonds. The van der Waals surface area contributed by atoms with Crippen molar-refractivity contribution < 1.29 is 38.7 Å². The summed E-state index contributed by atoms with van der Waals surface area (Å²) in [5.74, 6) is 0.209. The number of phenols is 1. The molecule has 56 heavy (non-hydrogen) atoms. The Kier molecular flexibility index (Phi) is 7.78. The number of nitrogens with zero attached hydrogens (tertiary/aromatic N) is 3. The van der Waals surface area contributed by atoms with Gasteiger partial charge in [0.15, 0.2) is 28.5 Å². The van der Waals surface area contributed by atoms with E-state index in [2.05, 4.69) is 39.2 Å². The van der Waals surface area contributed by atoms with Crippen molar-refractivity contribution in [1.29, 1.82) is 5.26 Å². The van der Waals surface area contributed by atoms with E-state index in [1.165, 1.54) is 0 Å². The molecule has 0 unspecified atom stereocenters. The van der Waals surface area contributed by atoms with Crippen LogP contribution in [0.1, 0.15) is 73.1 Å². The number of H-pyrrole nitrogens is 1. The molecule has 3 aromatic carbocycles. The SMILES string of the molecule is COc1c(C)cc2c(c1O)[C@@H]1[C@@H]3[C@@H]4SC[C@]5(N[C@@H](C(=O)O)Cc6c5[nH]c5ccc(C)cc65)C(=O)OC[C@@H](c5c6c(c(C)c(C)c54)OCO6)N3[C@@H](C#N)[C@@H](C2)N1C. The summed E-state index contributed by atoms with van der Waals surface area (Å²) < 4.78 is 24.6. The van der Waals surface area contributed by atoms with E-state index in [0.29, 0.717) is 29.4 Å². The number of hydrogen-bond acceptors (Lipinski definition) is 12. The first-order valence-electron chi connectivity index (χ1n) is 19.0. The molecule has 290 valence electrons. The number of carboxylic acids is 1. The topological polar surface area (TPSA) is 170 Å². The zero-order valence-corrected chi connectivity index (χ0v) is 32.8. The highest BCUT2D eigenvalue weighted by Gasteiger charge is 2.62. The smallest absolute Gasteiger partial charge is 0.333 e. The Hall–Kier alpha value is -4.94. The van der Waals surface area contributed by atoms with Crippen molar-refractivity contribution in [1.82, 2.24) is 20.1 Å². The molecule has 0 aliphatic carbocycles. The number of piperazine rings is 1. The van der Waals surface area contributed by atoms with Gasteiger partial charge < -0.3 is 34.1 Å². The molecule has 4 aromatic rings. The number of nitriles is 1. The van der Waals surface area contributed by atoms with E-state index in [4.69, 9.17) is 18.9 Å². The zero-order chi connectivity index (χ0) is 39.1. The Morgan fingerprint density at radius 2 is 1.86 bits per heavy atom. The van der Waals surface area contributed by atoms with E-state index in [9.17, 15) is 25.1 Å². The second-order valence-corrected chi connectivity index (χ2v) is 17.3. The first-order chi connectivity index (χ1) is 26.9. The van der Waals surface area contributed by atoms with Crippen molar-refractivity contribution in [3.05, 3.63) is 80.0 Å². The number of aliphatic carboxylic acids is 1. The molecule has 8 heterocycles. The quantitative estimate of drug-likeness (QED) is 0.203. The predicted octanol–water partition coefficient (Wildman–Crippen LogP) is 4.90. The maximum Gasteiger partial charge on any atom is 0.333 e. The van der Waals surface area contributed by atoms with Crippen LogP contribution in [-0.2, 0) is 32.7 Å². The van der Waals surface area contributed by atoms with Gasteiger partial charge in [0.2, 0.25) is 6.79 Å². The van der Waals surface area contributed by atoms with Crippen molar-refractivity contribution in [3.8, 4) is 29.1 Å². The summed E-state index contributed by atoms with van der Waals surface area (Å²) in [6.45, 7) is 7.92. The fourth-order valence-electron chi connectivity index (χ4n) is 10.9. The van der Waals surface area contributed by atoms with Gasteiger partial charge in [-0.05, 0) is 86.7 Å². The molecule has 7 aliphatic heterocycles. The number of thioether (sulfide) groups is 1. The van der Waals surface area contributed by atoms with Crippen LogP contribution in [0.5, 0.6) is 23.0 Å². The number of rotatable bonds is 2. The minimum Gasteiger partial charge on any atom is -0.504 e. The number of aryl methyl sites for hydroxylation is 2. The molecule has 1 spiro atoms. The number of phenolic OH excluding ortho intramolecular Hbond substituents is 1. The molecule has 2 fully saturated rings. The van der Waals surface area contributed by atoms with Gasteiger partial charge >= 0.3 is 11.9 Å². The number of carboxylic acid groups (broad SMARTS) is 1. The number of aromatic amines is 1. The third-order valence-corrected chi connectivity index (χ3v) is 15.0. The van der Waals surface area contributed by atoms with Crippen LogP contribution in [0.4, 0.5) is 0 Å². The Bertz CT molecular complexity index is 2460. The first-order valence-corrected chi connectivity index (χ1v) is 20.1. The summed E-state index contributed by atoms with van der Waals surface area (Å²) in [5.41, 5.74) is 8.04. The predicted molar refractivity (Wildman–Crippen MR) is 206 cm³/mol. The summed E-state index contributed by atoms with van der Waals surface area (Å²) in [5, 5.41) is 37.5. The Balaban J connectivity index is 1.24. The molecule has 14 heteroatoms. The molecule has 0 saturated carbocycles. The number of hydrogen-bond donors (Lipinski definition) is 4. The third kappa shape index (κ3) is 4.54. The lowest BCUT2D eigenvalue weighted by atomic mass is 9.71. The third-order valence-electron chi connectivity index (χ3n) is 13.5. The number of benzene rings is 3. The second kappa shape index (κ2) is 12.3. The molecule has 1 aromatic heterocycles. The van der Waals surface area contributed by atoms with Crippen molar-refractivity contribution >= 4 is 34.6 Å². The summed E-state index contributed by atoms with van der Waals surface area (Å²) in [4.78, 5) is 35.9. The first kappa shape index (κ1) is 35.5. The number of carbonyl (C=O) groups excluding carboxylic acids is 1. The normalized spacial score (nSPS) is 30.2. The zero-order valence-electron chi connectivity index (χ0n) is 32.0. The highest BCUT2D eigenvalue weighted by molar-refractivity contribution is 7.99. The standard InChI is InChI=1S/C42H43N5O8S/c1-17-7-8-24-22(9-17)23-12-25(40(49)50)45-42(39(23)44-24)15-56-38-29-19(3)20(4)36-37(55-16-54-36)31(29)28(14-53-41(42)51)47-27(13-43)26-11-21-10-18(2)35(52-6)34(48)30(21)32(33(38)47)46(26)5/h7-10,25-28,32-33,38,44-45,48H,11-12,14-16H2,1-6H3,(H,49,50)/t25-,26-,27+,28+,32-,33-,38-,42-/m1/s1. The van der Waals surface area contributed by atoms with Gasteiger partial charge in [-0.1, -0.05) is 17.7 Å². The van der Waals surface area contributed by atoms with Gasteiger partial charge in [0, 0.05) is 51.5 Å². The molecular formula is C42H43N5O8S. The second-order valence-electron chi connectivity index (χ2n) is 16.2. The molecular weight excluding hydrogens is 735 g/mol. The summed E-state index contributed by atoms with van der Waals surface area (Å²) in [6, 6.07) is 7.37. The minimum atomic E-state index is -1.55. The van der Waals surface area contributed by atoms with E-state index < -0.39 is 52.9 Å². The molecule has 8 atom stereocenters. The van der Waals surface area contributed by atoms with Crippen LogP contribution in [-0.4, -0.2) is 94.4 Å². The number of nitrogens with one attached hydrogen (secondary N) is 2. The lowest BCUT2D eigenvalue weighted by molar-refractivity contribution is -0.158. The monoisotopic (exact) mass is 777 g/mol. The number of carbonyl (C=O) groups is 2. The van der Waals surface area contributed by atoms with E-state index in [0.717, 1.165) is 61.0 Å². The van der Waals surface area contributed by atoms with Gasteiger partial charge in [-0.15, -0.1) is 11.8 Å². The van der Waals surface area contributed by atoms with Gasteiger partial charge in [-0.2, -0.15) is 5.26 Å². The average molecular weight is 778 g/mol. The van der Waals surface area contributed by atoms with Crippen LogP contribution in [0.3, 0.4) is 0 Å². The summed E-state index contributed by atoms with van der Waals surface area (Å²) >= 11 is 1.54. The van der Waals surface area contributed by atoms with Crippen molar-refractivity contribution in [2.45, 2.75) is 87.6 Å². The van der Waals surface area contributed by atoms with Crippen LogP contribution in [0.15, 0.2) is 24.3 Å². The molecule has 4 N–H and O–H groups in total. The van der Waals surface area contributed by atoms with Crippen molar-refractivity contribution in [2.75, 3.05) is 33.3 Å². The largest absolute Gasteiger partial charge is 0.504 e. The summed E-state index contributed by atoms with van der Waals surface area (Å²) in [7, 11) is 3.59. The molecule has 4 bridgehead atoms. The van der Waals surface area contributed by atoms with Crippen LogP contribution in [0, 0.1) is 39.0 Å². The number of likely N-dealkylation sites (N-methyl/N-ethyl adjacent to an activating group) is 1. The maximum atomic E-state index is 15.0. The molecule has 7 aliphatic rings. The maximum absolute atomic E-state index is 15.0. The number of aromatic hydroxyl groups is 1. The van der Waals surface area contributed by atoms with Gasteiger partial charge in [0.1, 0.15) is 18.7 Å². The highest BCUT2D eigenvalue weighted by atomic mass is 32.2. The Morgan fingerprint density at radius 3 is 2.61 bits per heavy atom. The Labute approximate surface area is 327 Å². The number of ether oxygens (including phenoxy) is 4. The average Bonchev–Trinajstić information content (AvgIpc) is 3.81. The molecule has 13 nitrogen and oxygen atoms in total.